The van der Waals surface area contributed by atoms with E-state index < -0.39 is 0 Å². The predicted octanol–water partition coefficient (Wildman–Crippen LogP) is 1.00. The minimum Gasteiger partial charge on any atom is -0.395 e. The first-order chi connectivity index (χ1) is 10.2. The van der Waals surface area contributed by atoms with Gasteiger partial charge in [-0.2, -0.15) is 0 Å². The quantitative estimate of drug-likeness (QED) is 0.892. The highest BCUT2D eigenvalue weighted by Gasteiger charge is 2.33. The van der Waals surface area contributed by atoms with Gasteiger partial charge in [0.2, 0.25) is 0 Å². The van der Waals surface area contributed by atoms with Crippen LogP contribution in [-0.4, -0.2) is 50.1 Å². The lowest BCUT2D eigenvalue weighted by Gasteiger charge is -2.19. The van der Waals surface area contributed by atoms with Gasteiger partial charge in [0.1, 0.15) is 5.82 Å². The molecule has 1 aliphatic rings. The molecule has 0 unspecified atom stereocenters. The lowest BCUT2D eigenvalue weighted by atomic mass is 10.3. The Bertz CT molecular complexity index is 637. The molecule has 0 spiro atoms. The molecule has 1 N–H and O–H groups in total. The molecule has 1 aliphatic carbocycles. The smallest absolute Gasteiger partial charge is 0.276 e. The minimum absolute atomic E-state index is 0.0751. The van der Waals surface area contributed by atoms with E-state index in [1.165, 1.54) is 23.0 Å². The minimum atomic E-state index is -0.335. The van der Waals surface area contributed by atoms with Crippen LogP contribution in [0.2, 0.25) is 0 Å². The van der Waals surface area contributed by atoms with Crippen molar-refractivity contribution in [2.75, 3.05) is 13.2 Å². The average Bonchev–Trinajstić information content (AvgIpc) is 3.21. The van der Waals surface area contributed by atoms with Crippen molar-refractivity contribution in [3.8, 4) is 5.69 Å². The summed E-state index contributed by atoms with van der Waals surface area (Å²) in [4.78, 5) is 14.0. The third-order valence-corrected chi connectivity index (χ3v) is 3.39. The number of halogens is 1. The summed E-state index contributed by atoms with van der Waals surface area (Å²) in [5, 5.41) is 16.8. The van der Waals surface area contributed by atoms with Crippen LogP contribution in [0.25, 0.3) is 5.69 Å². The van der Waals surface area contributed by atoms with Gasteiger partial charge in [-0.1, -0.05) is 5.21 Å². The van der Waals surface area contributed by atoms with Gasteiger partial charge < -0.3 is 10.0 Å². The first-order valence-electron chi connectivity index (χ1n) is 6.79. The number of carbonyl (C=O) groups excluding carboxylic acids is 1. The van der Waals surface area contributed by atoms with Crippen molar-refractivity contribution < 1.29 is 14.3 Å². The van der Waals surface area contributed by atoms with Crippen LogP contribution in [0.3, 0.4) is 0 Å². The Balaban J connectivity index is 1.80. The molecular formula is C14H15FN4O2. The molecule has 1 aromatic heterocycles. The normalized spacial score (nSPS) is 14.2. The van der Waals surface area contributed by atoms with Crippen molar-refractivity contribution in [3.63, 3.8) is 0 Å². The SMILES string of the molecule is O=C(c1cn(-c2ccc(F)cc2)nn1)N(CCO)C1CC1. The number of hydrogen-bond acceptors (Lipinski definition) is 4. The van der Waals surface area contributed by atoms with Gasteiger partial charge in [-0.05, 0) is 37.1 Å². The lowest BCUT2D eigenvalue weighted by molar-refractivity contribution is 0.0701. The molecule has 6 nitrogen and oxygen atoms in total. The van der Waals surface area contributed by atoms with Crippen molar-refractivity contribution in [3.05, 3.63) is 42.0 Å². The van der Waals surface area contributed by atoms with Crippen LogP contribution in [0, 0.1) is 5.82 Å². The summed E-state index contributed by atoms with van der Waals surface area (Å²) in [7, 11) is 0. The Labute approximate surface area is 120 Å². The maximum absolute atomic E-state index is 12.9. The van der Waals surface area contributed by atoms with Gasteiger partial charge in [0, 0.05) is 12.6 Å². The van der Waals surface area contributed by atoms with Gasteiger partial charge in [-0.15, -0.1) is 5.10 Å². The van der Waals surface area contributed by atoms with Crippen LogP contribution >= 0.6 is 0 Å². The van der Waals surface area contributed by atoms with Crippen molar-refractivity contribution in [2.24, 2.45) is 0 Å². The zero-order chi connectivity index (χ0) is 14.8. The molecule has 110 valence electrons. The van der Waals surface area contributed by atoms with E-state index in [9.17, 15) is 9.18 Å². The third kappa shape index (κ3) is 2.92. The van der Waals surface area contributed by atoms with Gasteiger partial charge in [0.25, 0.3) is 5.91 Å². The molecule has 0 radical (unpaired) electrons. The zero-order valence-electron chi connectivity index (χ0n) is 11.3. The van der Waals surface area contributed by atoms with Crippen molar-refractivity contribution in [1.29, 1.82) is 0 Å². The number of aromatic nitrogens is 3. The molecule has 0 bridgehead atoms. The number of aliphatic hydroxyl groups is 1. The maximum Gasteiger partial charge on any atom is 0.276 e. The van der Waals surface area contributed by atoms with Gasteiger partial charge in [0.05, 0.1) is 18.5 Å². The van der Waals surface area contributed by atoms with Crippen LogP contribution < -0.4 is 0 Å². The molecule has 3 rings (SSSR count). The predicted molar refractivity (Wildman–Crippen MR) is 72.5 cm³/mol. The van der Waals surface area contributed by atoms with Crippen LogP contribution in [0.5, 0.6) is 0 Å². The Hall–Kier alpha value is -2.28. The highest BCUT2D eigenvalue weighted by Crippen LogP contribution is 2.27. The molecule has 21 heavy (non-hydrogen) atoms. The van der Waals surface area contributed by atoms with E-state index in [4.69, 9.17) is 5.11 Å². The second kappa shape index (κ2) is 5.61. The summed E-state index contributed by atoms with van der Waals surface area (Å²) in [6.07, 6.45) is 3.43. The highest BCUT2D eigenvalue weighted by atomic mass is 19.1. The Morgan fingerprint density at radius 1 is 1.38 bits per heavy atom. The van der Waals surface area contributed by atoms with E-state index in [-0.39, 0.29) is 30.1 Å². The van der Waals surface area contributed by atoms with E-state index in [2.05, 4.69) is 10.3 Å². The summed E-state index contributed by atoms with van der Waals surface area (Å²) >= 11 is 0. The number of nitrogens with zero attached hydrogens (tertiary/aromatic N) is 4. The number of benzene rings is 1. The summed E-state index contributed by atoms with van der Waals surface area (Å²) < 4.78 is 14.3. The second-order valence-electron chi connectivity index (χ2n) is 4.98. The summed E-state index contributed by atoms with van der Waals surface area (Å²) in [6.45, 7) is 0.223. The zero-order valence-corrected chi connectivity index (χ0v) is 11.3. The van der Waals surface area contributed by atoms with Crippen molar-refractivity contribution in [1.82, 2.24) is 19.9 Å². The molecule has 1 amide bonds. The number of amides is 1. The molecule has 1 fully saturated rings. The van der Waals surface area contributed by atoms with Gasteiger partial charge in [-0.3, -0.25) is 4.79 Å². The summed E-state index contributed by atoms with van der Waals surface area (Å²) in [5.41, 5.74) is 0.850. The van der Waals surface area contributed by atoms with Crippen LogP contribution in [0.4, 0.5) is 4.39 Å². The van der Waals surface area contributed by atoms with E-state index >= 15 is 0 Å². The van der Waals surface area contributed by atoms with Gasteiger partial charge >= 0.3 is 0 Å². The standard InChI is InChI=1S/C14H15FN4O2/c15-10-1-3-12(4-2-10)19-9-13(16-17-19)14(21)18(7-8-20)11-5-6-11/h1-4,9,11,20H,5-8H2. The molecule has 7 heteroatoms. The van der Waals surface area contributed by atoms with Gasteiger partial charge in [-0.25, -0.2) is 9.07 Å². The van der Waals surface area contributed by atoms with Crippen molar-refractivity contribution >= 4 is 5.91 Å². The van der Waals surface area contributed by atoms with E-state index in [0.29, 0.717) is 12.2 Å². The molecule has 1 aromatic carbocycles. The molecule has 1 saturated carbocycles. The molecule has 2 aromatic rings. The monoisotopic (exact) mass is 290 g/mol. The van der Waals surface area contributed by atoms with Crippen LogP contribution in [0.1, 0.15) is 23.3 Å². The molecular weight excluding hydrogens is 275 g/mol. The second-order valence-corrected chi connectivity index (χ2v) is 4.98. The molecule has 0 atom stereocenters. The fourth-order valence-corrected chi connectivity index (χ4v) is 2.17. The molecule has 0 aliphatic heterocycles. The maximum atomic E-state index is 12.9. The fourth-order valence-electron chi connectivity index (χ4n) is 2.17. The van der Waals surface area contributed by atoms with Crippen LogP contribution in [-0.2, 0) is 0 Å². The summed E-state index contributed by atoms with van der Waals surface area (Å²) in [5.74, 6) is -0.571. The number of carbonyl (C=O) groups is 1. The largest absolute Gasteiger partial charge is 0.395 e. The van der Waals surface area contributed by atoms with E-state index in [1.807, 2.05) is 0 Å². The topological polar surface area (TPSA) is 71.2 Å². The van der Waals surface area contributed by atoms with Crippen LogP contribution in [0.15, 0.2) is 30.5 Å². The van der Waals surface area contributed by atoms with E-state index in [1.54, 1.807) is 17.0 Å². The Morgan fingerprint density at radius 2 is 2.10 bits per heavy atom. The average molecular weight is 290 g/mol. The Kier molecular flexibility index (Phi) is 3.66. The molecule has 1 heterocycles. The first-order valence-corrected chi connectivity index (χ1v) is 6.79. The first kappa shape index (κ1) is 13.7. The Morgan fingerprint density at radius 3 is 2.71 bits per heavy atom. The van der Waals surface area contributed by atoms with Crippen molar-refractivity contribution in [2.45, 2.75) is 18.9 Å². The number of rotatable bonds is 5. The highest BCUT2D eigenvalue weighted by molar-refractivity contribution is 5.92. The van der Waals surface area contributed by atoms with Gasteiger partial charge in [0.15, 0.2) is 5.69 Å². The molecule has 0 saturated heterocycles. The fraction of sp³-hybridized carbons (Fsp3) is 0.357. The number of aliphatic hydroxyl groups excluding tert-OH is 1. The lowest BCUT2D eigenvalue weighted by Crippen LogP contribution is -2.35. The van der Waals surface area contributed by atoms with E-state index in [0.717, 1.165) is 12.8 Å². The number of hydrogen-bond donors (Lipinski definition) is 1. The summed E-state index contributed by atoms with van der Waals surface area (Å²) in [6, 6.07) is 5.96. The third-order valence-electron chi connectivity index (χ3n) is 3.39.